The van der Waals surface area contributed by atoms with E-state index in [0.29, 0.717) is 25.1 Å². The number of amides is 1. The molecule has 1 N–H and O–H groups in total. The van der Waals surface area contributed by atoms with Crippen LogP contribution in [0.4, 0.5) is 0 Å². The molecule has 0 saturated carbocycles. The minimum atomic E-state index is -0.888. The van der Waals surface area contributed by atoms with E-state index in [1.54, 1.807) is 23.1 Å². The topological polar surface area (TPSA) is 70.5 Å². The summed E-state index contributed by atoms with van der Waals surface area (Å²) >= 11 is 3.29. The maximum Gasteiger partial charge on any atom is 0.326 e. The van der Waals surface area contributed by atoms with Crippen molar-refractivity contribution in [2.45, 2.75) is 38.0 Å². The van der Waals surface area contributed by atoms with Gasteiger partial charge in [0.1, 0.15) is 6.04 Å². The average Bonchev–Trinajstić information content (AvgIpc) is 3.03. The molecule has 0 aliphatic carbocycles. The molecule has 1 aliphatic rings. The first-order chi connectivity index (χ1) is 9.58. The summed E-state index contributed by atoms with van der Waals surface area (Å²) in [6.07, 6.45) is 1.76. The van der Waals surface area contributed by atoms with Gasteiger partial charge in [-0.15, -0.1) is 11.3 Å². The van der Waals surface area contributed by atoms with E-state index in [0.717, 1.165) is 22.9 Å². The van der Waals surface area contributed by atoms with Crippen LogP contribution in [0.2, 0.25) is 0 Å². The number of carboxylic acid groups (broad SMARTS) is 1. The molecule has 1 aromatic heterocycles. The van der Waals surface area contributed by atoms with Crippen molar-refractivity contribution in [3.8, 4) is 0 Å². The number of aryl methyl sites for hydroxylation is 1. The van der Waals surface area contributed by atoms with Crippen molar-refractivity contribution in [3.63, 3.8) is 0 Å². The Morgan fingerprint density at radius 2 is 2.40 bits per heavy atom. The molecule has 5 nitrogen and oxygen atoms in total. The number of rotatable bonds is 6. The lowest BCUT2D eigenvalue weighted by molar-refractivity contribution is -0.148. The largest absolute Gasteiger partial charge is 0.480 e. The third kappa shape index (κ3) is 3.96. The first-order valence-electron chi connectivity index (χ1n) is 6.59. The van der Waals surface area contributed by atoms with Gasteiger partial charge < -0.3 is 10.0 Å². The first kappa shape index (κ1) is 15.3. The van der Waals surface area contributed by atoms with Gasteiger partial charge in [0.2, 0.25) is 5.91 Å². The predicted molar refractivity (Wildman–Crippen MR) is 80.0 cm³/mol. The quantitative estimate of drug-likeness (QED) is 0.815. The van der Waals surface area contributed by atoms with Crippen molar-refractivity contribution in [2.75, 3.05) is 12.3 Å². The fourth-order valence-corrected chi connectivity index (χ4v) is 3.81. The summed E-state index contributed by atoms with van der Waals surface area (Å²) in [7, 11) is 0. The van der Waals surface area contributed by atoms with Crippen LogP contribution in [-0.2, 0) is 15.3 Å². The Labute approximate surface area is 126 Å². The third-order valence-electron chi connectivity index (χ3n) is 3.23. The van der Waals surface area contributed by atoms with Crippen LogP contribution in [0.25, 0.3) is 0 Å². The van der Waals surface area contributed by atoms with Crippen LogP contribution in [-0.4, -0.2) is 45.2 Å². The van der Waals surface area contributed by atoms with Crippen molar-refractivity contribution in [1.29, 1.82) is 0 Å². The number of carbonyl (C=O) groups is 2. The lowest BCUT2D eigenvalue weighted by Crippen LogP contribution is -2.40. The lowest BCUT2D eigenvalue weighted by Gasteiger charge is -2.21. The second-order valence-electron chi connectivity index (χ2n) is 4.74. The number of hydrogen-bond donors (Lipinski definition) is 1. The fraction of sp³-hybridized carbons (Fsp3) is 0.615. The predicted octanol–water partition coefficient (Wildman–Crippen LogP) is 2.15. The van der Waals surface area contributed by atoms with Gasteiger partial charge in [-0.1, -0.05) is 0 Å². The number of aliphatic carboxylic acids is 1. The first-order valence-corrected chi connectivity index (χ1v) is 8.62. The number of nitrogens with zero attached hydrogens (tertiary/aromatic N) is 2. The Bertz CT molecular complexity index is 490. The van der Waals surface area contributed by atoms with Crippen LogP contribution in [0, 0.1) is 6.92 Å². The summed E-state index contributed by atoms with van der Waals surface area (Å²) in [5.74, 6) is 0.580. The van der Waals surface area contributed by atoms with E-state index in [9.17, 15) is 9.59 Å². The number of aromatic nitrogens is 1. The van der Waals surface area contributed by atoms with Gasteiger partial charge in [-0.25, -0.2) is 9.78 Å². The summed E-state index contributed by atoms with van der Waals surface area (Å²) in [6, 6.07) is -0.617. The highest BCUT2D eigenvalue weighted by atomic mass is 32.2. The molecule has 1 fully saturated rings. The molecule has 20 heavy (non-hydrogen) atoms. The summed E-state index contributed by atoms with van der Waals surface area (Å²) in [5, 5.41) is 12.1. The van der Waals surface area contributed by atoms with Gasteiger partial charge in [0, 0.05) is 29.9 Å². The molecule has 1 aromatic rings. The van der Waals surface area contributed by atoms with E-state index in [1.807, 2.05) is 12.3 Å². The summed E-state index contributed by atoms with van der Waals surface area (Å²) < 4.78 is 0. The third-order valence-corrected chi connectivity index (χ3v) is 5.05. The zero-order chi connectivity index (χ0) is 14.5. The summed E-state index contributed by atoms with van der Waals surface area (Å²) in [6.45, 7) is 2.55. The molecule has 7 heteroatoms. The molecule has 1 amide bonds. The summed E-state index contributed by atoms with van der Waals surface area (Å²) in [4.78, 5) is 28.9. The molecular formula is C13H18N2O3S2. The van der Waals surface area contributed by atoms with Crippen molar-refractivity contribution in [2.24, 2.45) is 0 Å². The Morgan fingerprint density at radius 1 is 1.60 bits per heavy atom. The molecular weight excluding hydrogens is 296 g/mol. The van der Waals surface area contributed by atoms with Crippen molar-refractivity contribution in [1.82, 2.24) is 9.88 Å². The SMILES string of the molecule is Cc1nc(CSCCC(=O)N2CCC[C@@H]2C(=O)O)cs1. The molecule has 1 saturated heterocycles. The molecule has 0 bridgehead atoms. The average molecular weight is 314 g/mol. The van der Waals surface area contributed by atoms with Crippen LogP contribution in [0.5, 0.6) is 0 Å². The van der Waals surface area contributed by atoms with Crippen molar-refractivity contribution >= 4 is 35.0 Å². The van der Waals surface area contributed by atoms with E-state index in [2.05, 4.69) is 4.98 Å². The Kier molecular flexibility index (Phi) is 5.42. The second kappa shape index (κ2) is 7.08. The second-order valence-corrected chi connectivity index (χ2v) is 6.91. The molecule has 0 spiro atoms. The number of thiazole rings is 1. The fourth-order valence-electron chi connectivity index (χ4n) is 2.28. The van der Waals surface area contributed by atoms with Crippen LogP contribution < -0.4 is 0 Å². The van der Waals surface area contributed by atoms with E-state index in [4.69, 9.17) is 5.11 Å². The van der Waals surface area contributed by atoms with Crippen LogP contribution in [0.1, 0.15) is 30.0 Å². The zero-order valence-corrected chi connectivity index (χ0v) is 13.0. The van der Waals surface area contributed by atoms with Gasteiger partial charge in [-0.2, -0.15) is 11.8 Å². The minimum absolute atomic E-state index is 0.0446. The molecule has 0 unspecified atom stereocenters. The number of hydrogen-bond acceptors (Lipinski definition) is 5. The number of likely N-dealkylation sites (tertiary alicyclic amines) is 1. The van der Waals surface area contributed by atoms with E-state index < -0.39 is 12.0 Å². The standard InChI is InChI=1S/C13H18N2O3S2/c1-9-14-10(8-20-9)7-19-6-4-12(16)15-5-2-3-11(15)13(17)18/h8,11H,2-7H2,1H3,(H,17,18)/t11-/m1/s1. The van der Waals surface area contributed by atoms with Crippen LogP contribution in [0.15, 0.2) is 5.38 Å². The Hall–Kier alpha value is -1.08. The zero-order valence-electron chi connectivity index (χ0n) is 11.4. The number of thioether (sulfide) groups is 1. The van der Waals surface area contributed by atoms with Gasteiger partial charge in [0.15, 0.2) is 0 Å². The highest BCUT2D eigenvalue weighted by Crippen LogP contribution is 2.20. The van der Waals surface area contributed by atoms with Gasteiger partial charge in [0.25, 0.3) is 0 Å². The molecule has 1 atom stereocenters. The highest BCUT2D eigenvalue weighted by Gasteiger charge is 2.33. The number of carboxylic acids is 1. The maximum atomic E-state index is 12.0. The van der Waals surface area contributed by atoms with Crippen molar-refractivity contribution < 1.29 is 14.7 Å². The van der Waals surface area contributed by atoms with Crippen molar-refractivity contribution in [3.05, 3.63) is 16.1 Å². The van der Waals surface area contributed by atoms with Crippen LogP contribution in [0.3, 0.4) is 0 Å². The molecule has 2 rings (SSSR count). The van der Waals surface area contributed by atoms with Gasteiger partial charge >= 0.3 is 5.97 Å². The van der Waals surface area contributed by atoms with E-state index in [1.165, 1.54) is 4.90 Å². The molecule has 1 aliphatic heterocycles. The number of carbonyl (C=O) groups excluding carboxylic acids is 1. The van der Waals surface area contributed by atoms with Gasteiger partial charge in [-0.3, -0.25) is 4.79 Å². The normalized spacial score (nSPS) is 18.4. The molecule has 110 valence electrons. The van der Waals surface area contributed by atoms with Crippen LogP contribution >= 0.6 is 23.1 Å². The minimum Gasteiger partial charge on any atom is -0.480 e. The summed E-state index contributed by atoms with van der Waals surface area (Å²) in [5.41, 5.74) is 1.05. The Morgan fingerprint density at radius 3 is 3.05 bits per heavy atom. The lowest BCUT2D eigenvalue weighted by atomic mass is 10.2. The smallest absolute Gasteiger partial charge is 0.326 e. The molecule has 2 heterocycles. The van der Waals surface area contributed by atoms with Gasteiger partial charge in [-0.05, 0) is 19.8 Å². The van der Waals surface area contributed by atoms with Gasteiger partial charge in [0.05, 0.1) is 10.7 Å². The highest BCUT2D eigenvalue weighted by molar-refractivity contribution is 7.98. The maximum absolute atomic E-state index is 12.0. The van der Waals surface area contributed by atoms with E-state index >= 15 is 0 Å². The van der Waals surface area contributed by atoms with E-state index in [-0.39, 0.29) is 5.91 Å². The molecule has 0 radical (unpaired) electrons. The monoisotopic (exact) mass is 314 g/mol. The Balaban J connectivity index is 1.71. The molecule has 0 aromatic carbocycles.